The van der Waals surface area contributed by atoms with Gasteiger partial charge in [0.25, 0.3) is 16.3 Å². The monoisotopic (exact) mass is 252 g/mol. The Morgan fingerprint density at radius 2 is 2.29 bits per heavy atom. The van der Waals surface area contributed by atoms with Crippen LogP contribution in [-0.4, -0.2) is 20.0 Å². The number of hydrogen-bond donors (Lipinski definition) is 1. The lowest BCUT2D eigenvalue weighted by Crippen LogP contribution is -2.24. The average Bonchev–Trinajstić information content (AvgIpc) is 2.67. The number of H-pyrrole nitrogens is 1. The summed E-state index contributed by atoms with van der Waals surface area (Å²) in [6, 6.07) is 3.01. The predicted molar refractivity (Wildman–Crippen MR) is 64.0 cm³/mol. The molecule has 0 atom stereocenters. The van der Waals surface area contributed by atoms with E-state index in [9.17, 15) is 4.79 Å². The lowest BCUT2D eigenvalue weighted by molar-refractivity contribution is 0.461. The van der Waals surface area contributed by atoms with E-state index in [4.69, 9.17) is 16.6 Å². The summed E-state index contributed by atoms with van der Waals surface area (Å²) in [5.41, 5.74) is 0.342. The van der Waals surface area contributed by atoms with Crippen LogP contribution >= 0.6 is 12.2 Å². The van der Waals surface area contributed by atoms with Crippen LogP contribution in [0.4, 0.5) is 0 Å². The average molecular weight is 252 g/mol. The van der Waals surface area contributed by atoms with Crippen LogP contribution in [0.3, 0.4) is 0 Å². The van der Waals surface area contributed by atoms with Gasteiger partial charge in [0.05, 0.1) is 0 Å². The van der Waals surface area contributed by atoms with Gasteiger partial charge in [0.15, 0.2) is 0 Å². The first-order valence-electron chi connectivity index (χ1n) is 5.20. The summed E-state index contributed by atoms with van der Waals surface area (Å²) in [5.74, 6) is 0.619. The Morgan fingerprint density at radius 1 is 1.53 bits per heavy atom. The standard InChI is InChI=1S/C10H12N4O2S/c1-6(2)5-14-8(15)4-3-7(13-14)9-11-12-10(17)16-9/h3-4,6H,5H2,1-2H3,(H,12,17). The molecule has 0 bridgehead atoms. The van der Waals surface area contributed by atoms with Gasteiger partial charge in [-0.25, -0.2) is 9.78 Å². The third-order valence-electron chi connectivity index (χ3n) is 2.06. The topological polar surface area (TPSA) is 76.7 Å². The van der Waals surface area contributed by atoms with Crippen molar-refractivity contribution in [2.24, 2.45) is 5.92 Å². The summed E-state index contributed by atoms with van der Waals surface area (Å²) >= 11 is 4.78. The van der Waals surface area contributed by atoms with Gasteiger partial charge < -0.3 is 4.42 Å². The fourth-order valence-corrected chi connectivity index (χ4v) is 1.50. The van der Waals surface area contributed by atoms with Gasteiger partial charge in [0.2, 0.25) is 0 Å². The highest BCUT2D eigenvalue weighted by atomic mass is 32.1. The van der Waals surface area contributed by atoms with E-state index >= 15 is 0 Å². The molecule has 1 N–H and O–H groups in total. The predicted octanol–water partition coefficient (Wildman–Crippen LogP) is 1.61. The molecule has 17 heavy (non-hydrogen) atoms. The second-order valence-electron chi connectivity index (χ2n) is 4.05. The summed E-state index contributed by atoms with van der Waals surface area (Å²) in [5, 5.41) is 10.6. The number of nitrogens with one attached hydrogen (secondary N) is 1. The largest absolute Gasteiger partial charge is 0.408 e. The molecular weight excluding hydrogens is 240 g/mol. The van der Waals surface area contributed by atoms with Gasteiger partial charge in [-0.05, 0) is 24.2 Å². The minimum Gasteiger partial charge on any atom is -0.408 e. The summed E-state index contributed by atoms with van der Waals surface area (Å²) in [7, 11) is 0. The molecule has 0 fully saturated rings. The fourth-order valence-electron chi connectivity index (χ4n) is 1.38. The minimum atomic E-state index is -0.142. The Kier molecular flexibility index (Phi) is 3.19. The third-order valence-corrected chi connectivity index (χ3v) is 2.24. The molecule has 0 aliphatic heterocycles. The molecule has 0 amide bonds. The summed E-state index contributed by atoms with van der Waals surface area (Å²) < 4.78 is 6.54. The smallest absolute Gasteiger partial charge is 0.284 e. The Labute approximate surface area is 102 Å². The normalized spacial score (nSPS) is 11.0. The van der Waals surface area contributed by atoms with Gasteiger partial charge in [-0.2, -0.15) is 5.10 Å². The first-order chi connectivity index (χ1) is 8.06. The van der Waals surface area contributed by atoms with Gasteiger partial charge in [-0.3, -0.25) is 4.79 Å². The molecule has 6 nitrogen and oxygen atoms in total. The Hall–Kier alpha value is -1.76. The molecule has 0 spiro atoms. The highest BCUT2D eigenvalue weighted by molar-refractivity contribution is 7.71. The van der Waals surface area contributed by atoms with E-state index in [2.05, 4.69) is 15.3 Å². The quantitative estimate of drug-likeness (QED) is 0.840. The maximum absolute atomic E-state index is 11.6. The van der Waals surface area contributed by atoms with E-state index in [1.807, 2.05) is 13.8 Å². The fraction of sp³-hybridized carbons (Fsp3) is 0.400. The summed E-state index contributed by atoms with van der Waals surface area (Å²) in [6.07, 6.45) is 0. The van der Waals surface area contributed by atoms with Gasteiger partial charge in [0.1, 0.15) is 5.69 Å². The van der Waals surface area contributed by atoms with Crippen LogP contribution in [-0.2, 0) is 6.54 Å². The van der Waals surface area contributed by atoms with Crippen molar-refractivity contribution in [1.82, 2.24) is 20.0 Å². The highest BCUT2D eigenvalue weighted by Gasteiger charge is 2.08. The van der Waals surface area contributed by atoms with E-state index in [1.165, 1.54) is 10.7 Å². The molecule has 2 aromatic rings. The van der Waals surface area contributed by atoms with Crippen LogP contribution in [0.5, 0.6) is 0 Å². The molecule has 2 aromatic heterocycles. The molecule has 0 radical (unpaired) electrons. The molecule has 0 aromatic carbocycles. The summed E-state index contributed by atoms with van der Waals surface area (Å²) in [4.78, 5) is 11.7. The van der Waals surface area contributed by atoms with Crippen molar-refractivity contribution in [2.75, 3.05) is 0 Å². The minimum absolute atomic E-state index is 0.142. The Balaban J connectivity index is 2.43. The Morgan fingerprint density at radius 3 is 2.88 bits per heavy atom. The van der Waals surface area contributed by atoms with E-state index < -0.39 is 0 Å². The molecule has 7 heteroatoms. The first kappa shape index (κ1) is 11.7. The first-order valence-corrected chi connectivity index (χ1v) is 5.61. The SMILES string of the molecule is CC(C)Cn1nc(-c2n[nH]c(=S)o2)ccc1=O. The number of aromatic amines is 1. The molecular formula is C10H12N4O2S. The molecule has 0 unspecified atom stereocenters. The molecule has 2 heterocycles. The van der Waals surface area contributed by atoms with Crippen LogP contribution in [0.2, 0.25) is 0 Å². The van der Waals surface area contributed by atoms with E-state index in [-0.39, 0.29) is 16.3 Å². The van der Waals surface area contributed by atoms with Gasteiger partial charge >= 0.3 is 0 Å². The van der Waals surface area contributed by atoms with Crippen LogP contribution in [0.25, 0.3) is 11.6 Å². The maximum atomic E-state index is 11.6. The van der Waals surface area contributed by atoms with E-state index in [0.717, 1.165) is 0 Å². The van der Waals surface area contributed by atoms with Crippen molar-refractivity contribution in [3.8, 4) is 11.6 Å². The molecule has 0 aliphatic rings. The number of hydrogen-bond acceptors (Lipinski definition) is 5. The number of nitrogens with zero attached hydrogens (tertiary/aromatic N) is 3. The molecule has 0 saturated carbocycles. The number of rotatable bonds is 3. The van der Waals surface area contributed by atoms with E-state index in [1.54, 1.807) is 6.07 Å². The zero-order valence-electron chi connectivity index (χ0n) is 9.51. The van der Waals surface area contributed by atoms with Crippen LogP contribution in [0.1, 0.15) is 13.8 Å². The Bertz CT molecular complexity index is 625. The second-order valence-corrected chi connectivity index (χ2v) is 4.42. The van der Waals surface area contributed by atoms with Gasteiger partial charge in [0, 0.05) is 12.6 Å². The lowest BCUT2D eigenvalue weighted by Gasteiger charge is -2.07. The zero-order valence-corrected chi connectivity index (χ0v) is 10.3. The van der Waals surface area contributed by atoms with Crippen molar-refractivity contribution in [3.63, 3.8) is 0 Å². The highest BCUT2D eigenvalue weighted by Crippen LogP contribution is 2.11. The van der Waals surface area contributed by atoms with Gasteiger partial charge in [-0.1, -0.05) is 13.8 Å². The van der Waals surface area contributed by atoms with Crippen molar-refractivity contribution in [2.45, 2.75) is 20.4 Å². The third kappa shape index (κ3) is 2.68. The molecule has 2 rings (SSSR count). The second kappa shape index (κ2) is 4.62. The van der Waals surface area contributed by atoms with Crippen molar-refractivity contribution < 1.29 is 4.42 Å². The zero-order chi connectivity index (χ0) is 12.4. The van der Waals surface area contributed by atoms with Crippen molar-refractivity contribution in [1.29, 1.82) is 0 Å². The maximum Gasteiger partial charge on any atom is 0.284 e. The molecule has 0 aliphatic carbocycles. The van der Waals surface area contributed by atoms with Gasteiger partial charge in [-0.15, -0.1) is 5.10 Å². The molecule has 0 saturated heterocycles. The van der Waals surface area contributed by atoms with Crippen LogP contribution in [0, 0.1) is 10.8 Å². The van der Waals surface area contributed by atoms with Crippen molar-refractivity contribution in [3.05, 3.63) is 27.3 Å². The molecule has 90 valence electrons. The number of aromatic nitrogens is 4. The summed E-state index contributed by atoms with van der Waals surface area (Å²) in [6.45, 7) is 4.58. The van der Waals surface area contributed by atoms with Crippen LogP contribution in [0.15, 0.2) is 21.3 Å². The van der Waals surface area contributed by atoms with Crippen LogP contribution < -0.4 is 5.56 Å². The lowest BCUT2D eigenvalue weighted by atomic mass is 10.2. The van der Waals surface area contributed by atoms with E-state index in [0.29, 0.717) is 18.2 Å². The van der Waals surface area contributed by atoms with Crippen molar-refractivity contribution >= 4 is 12.2 Å².